The molecule has 6 heteroatoms. The van der Waals surface area contributed by atoms with E-state index in [4.69, 9.17) is 5.73 Å². The van der Waals surface area contributed by atoms with Crippen LogP contribution in [0.15, 0.2) is 42.5 Å². The highest BCUT2D eigenvalue weighted by Crippen LogP contribution is 2.21. The molecule has 0 aliphatic carbocycles. The molecule has 0 aromatic heterocycles. The third-order valence-corrected chi connectivity index (χ3v) is 3.26. The lowest BCUT2D eigenvalue weighted by atomic mass is 10.1. The molecule has 2 amide bonds. The van der Waals surface area contributed by atoms with Gasteiger partial charge in [-0.3, -0.25) is 9.59 Å². The zero-order valence-electron chi connectivity index (χ0n) is 12.7. The molecule has 23 heavy (non-hydrogen) atoms. The summed E-state index contributed by atoms with van der Waals surface area (Å²) >= 11 is 0. The molecule has 0 fully saturated rings. The van der Waals surface area contributed by atoms with Crippen LogP contribution in [-0.2, 0) is 4.79 Å². The third kappa shape index (κ3) is 4.37. The Morgan fingerprint density at radius 2 is 1.87 bits per heavy atom. The van der Waals surface area contributed by atoms with Crippen molar-refractivity contribution >= 4 is 23.2 Å². The van der Waals surface area contributed by atoms with E-state index in [0.717, 1.165) is 5.56 Å². The van der Waals surface area contributed by atoms with Gasteiger partial charge in [-0.05, 0) is 36.8 Å². The Morgan fingerprint density at radius 1 is 1.13 bits per heavy atom. The molecule has 5 nitrogen and oxygen atoms in total. The molecule has 4 N–H and O–H groups in total. The standard InChI is InChI=1S/C17H18FN3O2/c1-11-6-7-12(10-15(11)21-16(22)8-9-19)20-17(23)13-4-2-3-5-14(13)18/h2-7,10H,8-9,19H2,1H3,(H,20,23)(H,21,22). The van der Waals surface area contributed by atoms with E-state index in [9.17, 15) is 14.0 Å². The maximum absolute atomic E-state index is 13.6. The van der Waals surface area contributed by atoms with Crippen LogP contribution in [0.4, 0.5) is 15.8 Å². The molecule has 0 aliphatic rings. The van der Waals surface area contributed by atoms with Crippen LogP contribution in [-0.4, -0.2) is 18.4 Å². The molecule has 0 bridgehead atoms. The molecular formula is C17H18FN3O2. The Kier molecular flexibility index (Phi) is 5.43. The second-order valence-corrected chi connectivity index (χ2v) is 5.05. The number of hydrogen-bond acceptors (Lipinski definition) is 3. The second kappa shape index (κ2) is 7.51. The van der Waals surface area contributed by atoms with Gasteiger partial charge in [-0.15, -0.1) is 0 Å². The van der Waals surface area contributed by atoms with E-state index in [1.54, 1.807) is 24.3 Å². The number of anilines is 2. The summed E-state index contributed by atoms with van der Waals surface area (Å²) in [6.07, 6.45) is 0.214. The number of carbonyl (C=O) groups excluding carboxylic acids is 2. The highest BCUT2D eigenvalue weighted by Gasteiger charge is 2.12. The van der Waals surface area contributed by atoms with E-state index in [2.05, 4.69) is 10.6 Å². The second-order valence-electron chi connectivity index (χ2n) is 5.05. The van der Waals surface area contributed by atoms with E-state index in [1.165, 1.54) is 18.2 Å². The van der Waals surface area contributed by atoms with Gasteiger partial charge in [-0.2, -0.15) is 0 Å². The molecule has 0 unspecified atom stereocenters. The number of benzene rings is 2. The zero-order chi connectivity index (χ0) is 16.8. The number of hydrogen-bond donors (Lipinski definition) is 3. The van der Waals surface area contributed by atoms with Gasteiger partial charge in [0, 0.05) is 24.3 Å². The summed E-state index contributed by atoms with van der Waals surface area (Å²) in [5.41, 5.74) is 7.19. The Morgan fingerprint density at radius 3 is 2.57 bits per heavy atom. The summed E-state index contributed by atoms with van der Waals surface area (Å²) in [6.45, 7) is 2.09. The summed E-state index contributed by atoms with van der Waals surface area (Å²) in [6, 6.07) is 10.8. The molecule has 0 radical (unpaired) electrons. The number of nitrogens with one attached hydrogen (secondary N) is 2. The Bertz CT molecular complexity index is 732. The fourth-order valence-corrected chi connectivity index (χ4v) is 2.02. The van der Waals surface area contributed by atoms with E-state index < -0.39 is 11.7 Å². The number of nitrogens with two attached hydrogens (primary N) is 1. The molecular weight excluding hydrogens is 297 g/mol. The van der Waals surface area contributed by atoms with Gasteiger partial charge >= 0.3 is 0 Å². The van der Waals surface area contributed by atoms with Crippen molar-refractivity contribution in [2.45, 2.75) is 13.3 Å². The van der Waals surface area contributed by atoms with Gasteiger partial charge in [0.2, 0.25) is 5.91 Å². The van der Waals surface area contributed by atoms with Gasteiger partial charge in [0.05, 0.1) is 5.56 Å². The Labute approximate surface area is 133 Å². The lowest BCUT2D eigenvalue weighted by Gasteiger charge is -2.11. The molecule has 0 spiro atoms. The first-order valence-corrected chi connectivity index (χ1v) is 7.17. The lowest BCUT2D eigenvalue weighted by molar-refractivity contribution is -0.116. The van der Waals surface area contributed by atoms with Crippen molar-refractivity contribution in [2.24, 2.45) is 5.73 Å². The topological polar surface area (TPSA) is 84.2 Å². The average molecular weight is 315 g/mol. The molecule has 2 aromatic rings. The van der Waals surface area contributed by atoms with Crippen LogP contribution in [0.3, 0.4) is 0 Å². The average Bonchev–Trinajstić information content (AvgIpc) is 2.51. The fourth-order valence-electron chi connectivity index (χ4n) is 2.02. The maximum Gasteiger partial charge on any atom is 0.258 e. The largest absolute Gasteiger partial charge is 0.330 e. The highest BCUT2D eigenvalue weighted by molar-refractivity contribution is 6.05. The van der Waals surface area contributed by atoms with E-state index in [1.807, 2.05) is 6.92 Å². The summed E-state index contributed by atoms with van der Waals surface area (Å²) in [5.74, 6) is -1.34. The third-order valence-electron chi connectivity index (χ3n) is 3.26. The smallest absolute Gasteiger partial charge is 0.258 e. The van der Waals surface area contributed by atoms with Crippen molar-refractivity contribution in [3.8, 4) is 0 Å². The molecule has 2 rings (SSSR count). The maximum atomic E-state index is 13.6. The molecule has 0 heterocycles. The van der Waals surface area contributed by atoms with Crippen molar-refractivity contribution in [3.63, 3.8) is 0 Å². The summed E-state index contributed by atoms with van der Waals surface area (Å²) in [4.78, 5) is 23.7. The van der Waals surface area contributed by atoms with Crippen molar-refractivity contribution in [1.82, 2.24) is 0 Å². The SMILES string of the molecule is Cc1ccc(NC(=O)c2ccccc2F)cc1NC(=O)CCN. The van der Waals surface area contributed by atoms with Crippen LogP contribution in [0.25, 0.3) is 0 Å². The minimum absolute atomic E-state index is 0.0400. The number of aryl methyl sites for hydroxylation is 1. The first kappa shape index (κ1) is 16.6. The van der Waals surface area contributed by atoms with Crippen LogP contribution in [0.5, 0.6) is 0 Å². The van der Waals surface area contributed by atoms with Crippen molar-refractivity contribution < 1.29 is 14.0 Å². The molecule has 0 saturated carbocycles. The fraction of sp³-hybridized carbons (Fsp3) is 0.176. The molecule has 2 aromatic carbocycles. The van der Waals surface area contributed by atoms with Crippen molar-refractivity contribution in [3.05, 3.63) is 59.4 Å². The number of rotatable bonds is 5. The molecule has 0 atom stereocenters. The molecule has 0 aliphatic heterocycles. The van der Waals surface area contributed by atoms with E-state index in [0.29, 0.717) is 11.4 Å². The summed E-state index contributed by atoms with van der Waals surface area (Å²) in [7, 11) is 0. The van der Waals surface area contributed by atoms with E-state index in [-0.39, 0.29) is 24.4 Å². The van der Waals surface area contributed by atoms with Gasteiger partial charge in [-0.1, -0.05) is 18.2 Å². The van der Waals surface area contributed by atoms with Crippen LogP contribution < -0.4 is 16.4 Å². The first-order chi connectivity index (χ1) is 11.0. The van der Waals surface area contributed by atoms with Gasteiger partial charge in [0.1, 0.15) is 5.82 Å². The number of amides is 2. The first-order valence-electron chi connectivity index (χ1n) is 7.17. The number of halogens is 1. The van der Waals surface area contributed by atoms with Crippen LogP contribution >= 0.6 is 0 Å². The number of carbonyl (C=O) groups is 2. The predicted molar refractivity (Wildman–Crippen MR) is 87.8 cm³/mol. The molecule has 0 saturated heterocycles. The Balaban J connectivity index is 2.16. The van der Waals surface area contributed by atoms with Crippen LogP contribution in [0.1, 0.15) is 22.3 Å². The van der Waals surface area contributed by atoms with Gasteiger partial charge in [-0.25, -0.2) is 4.39 Å². The van der Waals surface area contributed by atoms with Gasteiger partial charge in [0.25, 0.3) is 5.91 Å². The summed E-state index contributed by atoms with van der Waals surface area (Å²) in [5, 5.41) is 5.35. The van der Waals surface area contributed by atoms with Gasteiger partial charge < -0.3 is 16.4 Å². The van der Waals surface area contributed by atoms with E-state index >= 15 is 0 Å². The Hall–Kier alpha value is -2.73. The highest BCUT2D eigenvalue weighted by atomic mass is 19.1. The van der Waals surface area contributed by atoms with Gasteiger partial charge in [0.15, 0.2) is 0 Å². The predicted octanol–water partition coefficient (Wildman–Crippen LogP) is 2.67. The lowest BCUT2D eigenvalue weighted by Crippen LogP contribution is -2.17. The minimum Gasteiger partial charge on any atom is -0.330 e. The zero-order valence-corrected chi connectivity index (χ0v) is 12.7. The minimum atomic E-state index is -0.589. The molecule has 120 valence electrons. The quantitative estimate of drug-likeness (QED) is 0.793. The van der Waals surface area contributed by atoms with Crippen molar-refractivity contribution in [2.75, 3.05) is 17.2 Å². The monoisotopic (exact) mass is 315 g/mol. The van der Waals surface area contributed by atoms with Crippen LogP contribution in [0.2, 0.25) is 0 Å². The van der Waals surface area contributed by atoms with Crippen molar-refractivity contribution in [1.29, 1.82) is 0 Å². The van der Waals surface area contributed by atoms with Crippen LogP contribution in [0, 0.1) is 12.7 Å². The summed E-state index contributed by atoms with van der Waals surface area (Å²) < 4.78 is 13.6. The normalized spacial score (nSPS) is 10.2.